The molecule has 2 aromatic carbocycles. The number of hydrogen-bond donors (Lipinski definition) is 1. The SMILES string of the molecule is COP(=O)(OC)c1nc(-c2ccc(Br)cc2)oc1NCc1ccccc1Cl. The monoisotopic (exact) mass is 470 g/mol. The van der Waals surface area contributed by atoms with Gasteiger partial charge in [-0.3, -0.25) is 4.57 Å². The number of oxazole rings is 1. The van der Waals surface area contributed by atoms with Crippen LogP contribution in [0.1, 0.15) is 5.56 Å². The number of hydrogen-bond acceptors (Lipinski definition) is 6. The van der Waals surface area contributed by atoms with Gasteiger partial charge in [-0.25, -0.2) is 0 Å². The van der Waals surface area contributed by atoms with Gasteiger partial charge in [-0.2, -0.15) is 4.98 Å². The van der Waals surface area contributed by atoms with Crippen molar-refractivity contribution >= 4 is 46.4 Å². The number of aromatic nitrogens is 1. The summed E-state index contributed by atoms with van der Waals surface area (Å²) in [5, 5.41) is 3.70. The maximum absolute atomic E-state index is 12.9. The predicted octanol–water partition coefficient (Wildman–Crippen LogP) is 5.48. The molecular formula is C18H17BrClN2O4P. The zero-order chi connectivity index (χ0) is 19.4. The standard InChI is InChI=1S/C18H17BrClN2O4P/c1-24-27(23,25-2)18-17(21-11-13-5-3-4-6-15(13)20)26-16(22-18)12-7-9-14(19)10-8-12/h3-10,21H,11H2,1-2H3. The molecule has 0 saturated carbocycles. The van der Waals surface area contributed by atoms with Crippen LogP contribution in [-0.2, 0) is 20.2 Å². The van der Waals surface area contributed by atoms with Crippen LogP contribution in [0.3, 0.4) is 0 Å². The highest BCUT2D eigenvalue weighted by Gasteiger charge is 2.34. The molecule has 0 aliphatic carbocycles. The van der Waals surface area contributed by atoms with E-state index in [1.807, 2.05) is 42.5 Å². The molecule has 3 aromatic rings. The summed E-state index contributed by atoms with van der Waals surface area (Å²) < 4.78 is 29.9. The lowest BCUT2D eigenvalue weighted by atomic mass is 10.2. The van der Waals surface area contributed by atoms with Crippen molar-refractivity contribution in [2.24, 2.45) is 0 Å². The van der Waals surface area contributed by atoms with Crippen LogP contribution in [-0.4, -0.2) is 19.2 Å². The molecule has 0 amide bonds. The molecule has 0 spiro atoms. The number of benzene rings is 2. The van der Waals surface area contributed by atoms with E-state index in [-0.39, 0.29) is 11.3 Å². The third-order valence-electron chi connectivity index (χ3n) is 3.84. The van der Waals surface area contributed by atoms with Crippen LogP contribution in [0.15, 0.2) is 57.4 Å². The minimum absolute atomic E-state index is 0.0810. The molecule has 0 bridgehead atoms. The first-order chi connectivity index (χ1) is 13.0. The largest absolute Gasteiger partial charge is 0.420 e. The Kier molecular flexibility index (Phi) is 6.40. The summed E-state index contributed by atoms with van der Waals surface area (Å²) in [4.78, 5) is 4.37. The summed E-state index contributed by atoms with van der Waals surface area (Å²) in [6.07, 6.45) is 0. The third kappa shape index (κ3) is 4.45. The Balaban J connectivity index is 1.98. The smallest absolute Gasteiger partial charge is 0.384 e. The zero-order valence-electron chi connectivity index (χ0n) is 14.6. The highest BCUT2D eigenvalue weighted by Crippen LogP contribution is 2.47. The first-order valence-electron chi connectivity index (χ1n) is 7.93. The Morgan fingerprint density at radius 3 is 2.44 bits per heavy atom. The second kappa shape index (κ2) is 8.59. The summed E-state index contributed by atoms with van der Waals surface area (Å²) in [5.74, 6) is 0.508. The molecule has 6 nitrogen and oxygen atoms in total. The first kappa shape index (κ1) is 20.1. The Bertz CT molecular complexity index is 970. The minimum atomic E-state index is -3.62. The van der Waals surface area contributed by atoms with Gasteiger partial charge in [-0.15, -0.1) is 0 Å². The fraction of sp³-hybridized carbons (Fsp3) is 0.167. The van der Waals surface area contributed by atoms with Crippen molar-refractivity contribution in [2.75, 3.05) is 19.5 Å². The number of anilines is 1. The van der Waals surface area contributed by atoms with E-state index in [9.17, 15) is 4.57 Å². The van der Waals surface area contributed by atoms with Gasteiger partial charge in [-0.1, -0.05) is 45.7 Å². The molecular weight excluding hydrogens is 455 g/mol. The average Bonchev–Trinajstić information content (AvgIpc) is 3.12. The Labute approximate surface area is 170 Å². The maximum atomic E-state index is 12.9. The van der Waals surface area contributed by atoms with Crippen molar-refractivity contribution in [1.82, 2.24) is 4.98 Å². The van der Waals surface area contributed by atoms with Crippen LogP contribution in [0.4, 0.5) is 5.88 Å². The van der Waals surface area contributed by atoms with Gasteiger partial charge in [0.05, 0.1) is 0 Å². The van der Waals surface area contributed by atoms with Crippen LogP contribution in [0.5, 0.6) is 0 Å². The minimum Gasteiger partial charge on any atom is -0.420 e. The summed E-state index contributed by atoms with van der Waals surface area (Å²) in [7, 11) is -1.02. The molecule has 3 rings (SSSR count). The molecule has 0 aliphatic heterocycles. The molecule has 1 aromatic heterocycles. The maximum Gasteiger partial charge on any atom is 0.384 e. The second-order valence-electron chi connectivity index (χ2n) is 5.49. The number of nitrogens with one attached hydrogen (secondary N) is 1. The first-order valence-corrected chi connectivity index (χ1v) is 10.6. The molecule has 0 saturated heterocycles. The van der Waals surface area contributed by atoms with Gasteiger partial charge in [0, 0.05) is 35.8 Å². The van der Waals surface area contributed by atoms with Gasteiger partial charge >= 0.3 is 7.60 Å². The van der Waals surface area contributed by atoms with E-state index in [0.29, 0.717) is 17.5 Å². The molecule has 0 fully saturated rings. The molecule has 0 aliphatic rings. The van der Waals surface area contributed by atoms with E-state index in [1.54, 1.807) is 6.07 Å². The molecule has 0 unspecified atom stereocenters. The van der Waals surface area contributed by atoms with E-state index >= 15 is 0 Å². The second-order valence-corrected chi connectivity index (χ2v) is 8.96. The lowest BCUT2D eigenvalue weighted by Gasteiger charge is -2.12. The molecule has 0 atom stereocenters. The molecule has 9 heteroatoms. The lowest BCUT2D eigenvalue weighted by Crippen LogP contribution is -2.15. The van der Waals surface area contributed by atoms with Crippen molar-refractivity contribution in [2.45, 2.75) is 6.54 Å². The Morgan fingerprint density at radius 1 is 1.15 bits per heavy atom. The van der Waals surface area contributed by atoms with Crippen molar-refractivity contribution in [1.29, 1.82) is 0 Å². The lowest BCUT2D eigenvalue weighted by molar-refractivity contribution is 0.286. The third-order valence-corrected chi connectivity index (χ3v) is 6.52. The molecule has 0 radical (unpaired) electrons. The zero-order valence-corrected chi connectivity index (χ0v) is 17.8. The summed E-state index contributed by atoms with van der Waals surface area (Å²) in [6.45, 7) is 0.356. The molecule has 142 valence electrons. The van der Waals surface area contributed by atoms with Crippen molar-refractivity contribution in [3.05, 3.63) is 63.6 Å². The fourth-order valence-corrected chi connectivity index (χ4v) is 3.94. The van der Waals surface area contributed by atoms with E-state index in [2.05, 4.69) is 26.2 Å². The van der Waals surface area contributed by atoms with E-state index in [0.717, 1.165) is 15.6 Å². The highest BCUT2D eigenvalue weighted by atomic mass is 79.9. The van der Waals surface area contributed by atoms with Crippen molar-refractivity contribution in [3.63, 3.8) is 0 Å². The van der Waals surface area contributed by atoms with Crippen LogP contribution in [0, 0.1) is 0 Å². The highest BCUT2D eigenvalue weighted by molar-refractivity contribution is 9.10. The van der Waals surface area contributed by atoms with Gasteiger partial charge in [0.25, 0.3) is 0 Å². The average molecular weight is 472 g/mol. The van der Waals surface area contributed by atoms with Gasteiger partial charge in [0.15, 0.2) is 0 Å². The van der Waals surface area contributed by atoms with Gasteiger partial charge in [0.1, 0.15) is 0 Å². The molecule has 1 N–H and O–H groups in total. The number of rotatable bonds is 7. The van der Waals surface area contributed by atoms with Crippen LogP contribution >= 0.6 is 35.1 Å². The normalized spacial score (nSPS) is 11.6. The fourth-order valence-electron chi connectivity index (χ4n) is 2.39. The van der Waals surface area contributed by atoms with Crippen LogP contribution < -0.4 is 10.8 Å². The van der Waals surface area contributed by atoms with Crippen molar-refractivity contribution in [3.8, 4) is 11.5 Å². The summed E-state index contributed by atoms with van der Waals surface area (Å²) in [6, 6.07) is 14.8. The summed E-state index contributed by atoms with van der Waals surface area (Å²) in [5.41, 5.74) is 1.66. The molecule has 1 heterocycles. The molecule has 27 heavy (non-hydrogen) atoms. The predicted molar refractivity (Wildman–Crippen MR) is 110 cm³/mol. The summed E-state index contributed by atoms with van der Waals surface area (Å²) >= 11 is 9.58. The Hall–Kier alpha value is -1.63. The van der Waals surface area contributed by atoms with E-state index in [1.165, 1.54) is 14.2 Å². The number of halogens is 2. The van der Waals surface area contributed by atoms with Crippen LogP contribution in [0.25, 0.3) is 11.5 Å². The van der Waals surface area contributed by atoms with E-state index < -0.39 is 7.60 Å². The van der Waals surface area contributed by atoms with E-state index in [4.69, 9.17) is 25.1 Å². The topological polar surface area (TPSA) is 73.6 Å². The quantitative estimate of drug-likeness (QED) is 0.460. The van der Waals surface area contributed by atoms with Crippen molar-refractivity contribution < 1.29 is 18.0 Å². The number of nitrogens with zero attached hydrogens (tertiary/aromatic N) is 1. The van der Waals surface area contributed by atoms with Gasteiger partial charge < -0.3 is 18.8 Å². The Morgan fingerprint density at radius 2 is 1.81 bits per heavy atom. The van der Waals surface area contributed by atoms with Gasteiger partial charge in [-0.05, 0) is 35.9 Å². The van der Waals surface area contributed by atoms with Gasteiger partial charge in [0.2, 0.25) is 17.2 Å². The van der Waals surface area contributed by atoms with Crippen LogP contribution in [0.2, 0.25) is 5.02 Å².